The zero-order valence-corrected chi connectivity index (χ0v) is 13.0. The lowest BCUT2D eigenvalue weighted by Crippen LogP contribution is -2.45. The Balaban J connectivity index is 0.00000144. The Morgan fingerprint density at radius 2 is 2.11 bits per heavy atom. The van der Waals surface area contributed by atoms with Crippen molar-refractivity contribution in [2.24, 2.45) is 0 Å². The van der Waals surface area contributed by atoms with Gasteiger partial charge in [-0.25, -0.2) is 0 Å². The first-order valence-electron chi connectivity index (χ1n) is 5.99. The summed E-state index contributed by atoms with van der Waals surface area (Å²) in [6.45, 7) is 8.40. The van der Waals surface area contributed by atoms with Gasteiger partial charge in [0.05, 0.1) is 0 Å². The van der Waals surface area contributed by atoms with Crippen molar-refractivity contribution in [3.63, 3.8) is 0 Å². The van der Waals surface area contributed by atoms with Gasteiger partial charge in [-0.1, -0.05) is 6.08 Å². The molecule has 5 heteroatoms. The van der Waals surface area contributed by atoms with E-state index in [2.05, 4.69) is 33.6 Å². The van der Waals surface area contributed by atoms with E-state index in [1.54, 1.807) is 11.3 Å². The molecular formula is C13H22Cl2N2S. The zero-order chi connectivity index (χ0) is 11.2. The van der Waals surface area contributed by atoms with Crippen molar-refractivity contribution >= 4 is 36.2 Å². The molecule has 0 aliphatic carbocycles. The molecule has 2 nitrogen and oxygen atoms in total. The smallest absolute Gasteiger partial charge is 0.0360 e. The first kappa shape index (κ1) is 17.9. The largest absolute Gasteiger partial charge is 0.314 e. The Kier molecular flexibility index (Phi) is 9.78. The third-order valence-electron chi connectivity index (χ3n) is 3.16. The quantitative estimate of drug-likeness (QED) is 0.838. The standard InChI is InChI=1S/C13H20N2S.2ClH/c1-2-3-4-13(12-5-10-16-11-12)15-8-6-14-7-9-15;;/h2,5,10-11,13-14H,1,3-4,6-9H2;2*1H/t13-;;/m1../s1. The van der Waals surface area contributed by atoms with Crippen LogP contribution >= 0.6 is 36.2 Å². The van der Waals surface area contributed by atoms with Gasteiger partial charge >= 0.3 is 0 Å². The Morgan fingerprint density at radius 3 is 2.67 bits per heavy atom. The lowest BCUT2D eigenvalue weighted by molar-refractivity contribution is 0.166. The number of nitrogens with one attached hydrogen (secondary N) is 1. The molecule has 2 heterocycles. The van der Waals surface area contributed by atoms with Gasteiger partial charge in [0.15, 0.2) is 0 Å². The number of thiophene rings is 1. The predicted molar refractivity (Wildman–Crippen MR) is 85.4 cm³/mol. The van der Waals surface area contributed by atoms with Crippen LogP contribution in [0.25, 0.3) is 0 Å². The fraction of sp³-hybridized carbons (Fsp3) is 0.538. The molecule has 0 unspecified atom stereocenters. The average Bonchev–Trinajstić information content (AvgIpc) is 2.85. The Hall–Kier alpha value is -0.0600. The lowest BCUT2D eigenvalue weighted by Gasteiger charge is -2.34. The van der Waals surface area contributed by atoms with E-state index in [1.807, 2.05) is 6.08 Å². The number of nitrogens with zero attached hydrogens (tertiary/aromatic N) is 1. The topological polar surface area (TPSA) is 15.3 Å². The zero-order valence-electron chi connectivity index (χ0n) is 10.5. The monoisotopic (exact) mass is 308 g/mol. The molecule has 2 rings (SSSR count). The second-order valence-electron chi connectivity index (χ2n) is 4.22. The van der Waals surface area contributed by atoms with Gasteiger partial charge in [-0.15, -0.1) is 31.4 Å². The molecule has 1 N–H and O–H groups in total. The van der Waals surface area contributed by atoms with Crippen molar-refractivity contribution < 1.29 is 0 Å². The van der Waals surface area contributed by atoms with Crippen LogP contribution in [0.1, 0.15) is 24.4 Å². The highest BCUT2D eigenvalue weighted by Crippen LogP contribution is 2.27. The van der Waals surface area contributed by atoms with E-state index in [1.165, 1.54) is 12.0 Å². The molecule has 104 valence electrons. The highest BCUT2D eigenvalue weighted by molar-refractivity contribution is 7.07. The molecule has 0 amide bonds. The van der Waals surface area contributed by atoms with Gasteiger partial charge in [0, 0.05) is 32.2 Å². The fourth-order valence-electron chi connectivity index (χ4n) is 2.29. The van der Waals surface area contributed by atoms with Crippen molar-refractivity contribution in [1.82, 2.24) is 10.2 Å². The second-order valence-corrected chi connectivity index (χ2v) is 5.00. The summed E-state index contributed by atoms with van der Waals surface area (Å²) in [5, 5.41) is 7.88. The van der Waals surface area contributed by atoms with Crippen LogP contribution in [0.2, 0.25) is 0 Å². The van der Waals surface area contributed by atoms with Crippen LogP contribution in [-0.2, 0) is 0 Å². The van der Waals surface area contributed by atoms with Gasteiger partial charge in [-0.2, -0.15) is 11.3 Å². The van der Waals surface area contributed by atoms with Gasteiger partial charge in [0.2, 0.25) is 0 Å². The minimum absolute atomic E-state index is 0. The molecule has 0 aromatic carbocycles. The Bertz CT molecular complexity index is 311. The van der Waals surface area contributed by atoms with E-state index in [0.717, 1.165) is 32.6 Å². The Morgan fingerprint density at radius 1 is 1.39 bits per heavy atom. The molecule has 1 fully saturated rings. The van der Waals surface area contributed by atoms with Gasteiger partial charge in [-0.3, -0.25) is 4.90 Å². The molecule has 18 heavy (non-hydrogen) atoms. The predicted octanol–water partition coefficient (Wildman–Crippen LogP) is 3.50. The summed E-state index contributed by atoms with van der Waals surface area (Å²) < 4.78 is 0. The van der Waals surface area contributed by atoms with Crippen LogP contribution < -0.4 is 5.32 Å². The van der Waals surface area contributed by atoms with Crippen LogP contribution in [0.15, 0.2) is 29.5 Å². The van der Waals surface area contributed by atoms with Crippen LogP contribution in [0, 0.1) is 0 Å². The minimum Gasteiger partial charge on any atom is -0.314 e. The maximum absolute atomic E-state index is 3.83. The summed E-state index contributed by atoms with van der Waals surface area (Å²) in [7, 11) is 0. The molecule has 1 saturated heterocycles. The van der Waals surface area contributed by atoms with E-state index in [4.69, 9.17) is 0 Å². The number of halogens is 2. The first-order chi connectivity index (χ1) is 7.92. The molecule has 1 aliphatic heterocycles. The molecule has 0 spiro atoms. The lowest BCUT2D eigenvalue weighted by atomic mass is 10.0. The van der Waals surface area contributed by atoms with Crippen molar-refractivity contribution in [1.29, 1.82) is 0 Å². The summed E-state index contributed by atoms with van der Waals surface area (Å²) in [4.78, 5) is 2.60. The maximum Gasteiger partial charge on any atom is 0.0360 e. The summed E-state index contributed by atoms with van der Waals surface area (Å²) in [5.74, 6) is 0. The molecule has 0 radical (unpaired) electrons. The van der Waals surface area contributed by atoms with Crippen molar-refractivity contribution in [2.75, 3.05) is 26.2 Å². The number of allylic oxidation sites excluding steroid dienone is 1. The van der Waals surface area contributed by atoms with Crippen molar-refractivity contribution in [2.45, 2.75) is 18.9 Å². The third kappa shape index (κ3) is 4.90. The van der Waals surface area contributed by atoms with E-state index < -0.39 is 0 Å². The van der Waals surface area contributed by atoms with Crippen LogP contribution in [0.4, 0.5) is 0 Å². The second kappa shape index (κ2) is 9.82. The summed E-state index contributed by atoms with van der Waals surface area (Å²) in [5.41, 5.74) is 1.48. The van der Waals surface area contributed by atoms with E-state index in [0.29, 0.717) is 6.04 Å². The van der Waals surface area contributed by atoms with Crippen LogP contribution in [-0.4, -0.2) is 31.1 Å². The summed E-state index contributed by atoms with van der Waals surface area (Å²) in [6, 6.07) is 2.85. The minimum atomic E-state index is 0. The van der Waals surface area contributed by atoms with E-state index >= 15 is 0 Å². The average molecular weight is 309 g/mol. The molecule has 1 atom stereocenters. The highest BCUT2D eigenvalue weighted by Gasteiger charge is 2.21. The van der Waals surface area contributed by atoms with E-state index in [9.17, 15) is 0 Å². The molecule has 1 aromatic rings. The van der Waals surface area contributed by atoms with Crippen LogP contribution in [0.3, 0.4) is 0 Å². The maximum atomic E-state index is 3.83. The number of rotatable bonds is 5. The van der Waals surface area contributed by atoms with Gasteiger partial charge in [-0.05, 0) is 35.2 Å². The SMILES string of the molecule is C=CCC[C@H](c1ccsc1)N1CCNCC1.Cl.Cl. The molecule has 0 bridgehead atoms. The first-order valence-corrected chi connectivity index (χ1v) is 6.94. The Labute approximate surface area is 126 Å². The third-order valence-corrected chi connectivity index (χ3v) is 3.87. The van der Waals surface area contributed by atoms with Crippen LogP contribution in [0.5, 0.6) is 0 Å². The molecule has 0 saturated carbocycles. The van der Waals surface area contributed by atoms with Crippen molar-refractivity contribution in [3.05, 3.63) is 35.0 Å². The van der Waals surface area contributed by atoms with Crippen molar-refractivity contribution in [3.8, 4) is 0 Å². The molecule has 1 aliphatic rings. The van der Waals surface area contributed by atoms with E-state index in [-0.39, 0.29) is 24.8 Å². The fourth-order valence-corrected chi connectivity index (χ4v) is 3.00. The number of hydrogen-bond donors (Lipinski definition) is 1. The molecule has 1 aromatic heterocycles. The van der Waals surface area contributed by atoms with Gasteiger partial charge < -0.3 is 5.32 Å². The number of hydrogen-bond acceptors (Lipinski definition) is 3. The number of piperazine rings is 1. The van der Waals surface area contributed by atoms with Gasteiger partial charge in [0.1, 0.15) is 0 Å². The summed E-state index contributed by atoms with van der Waals surface area (Å²) >= 11 is 1.80. The normalized spacial score (nSPS) is 17.3. The summed E-state index contributed by atoms with van der Waals surface area (Å²) in [6.07, 6.45) is 4.33. The van der Waals surface area contributed by atoms with Gasteiger partial charge in [0.25, 0.3) is 0 Å². The highest BCUT2D eigenvalue weighted by atomic mass is 35.5. The molecular weight excluding hydrogens is 287 g/mol.